The second-order valence-corrected chi connectivity index (χ2v) is 3.91. The highest BCUT2D eigenvalue weighted by Crippen LogP contribution is 2.30. The molecule has 0 bridgehead atoms. The number of benzene rings is 1. The Morgan fingerprint density at radius 3 is 3.00 bits per heavy atom. The lowest BCUT2D eigenvalue weighted by molar-refractivity contribution is 0.776. The number of para-hydroxylation sites is 1. The van der Waals surface area contributed by atoms with E-state index < -0.39 is 0 Å². The van der Waals surface area contributed by atoms with E-state index in [1.165, 1.54) is 41.5 Å². The molecule has 72 valence electrons. The lowest BCUT2D eigenvalue weighted by Crippen LogP contribution is -1.98. The third-order valence-corrected chi connectivity index (χ3v) is 2.94. The molecule has 1 aliphatic heterocycles. The second-order valence-electron chi connectivity index (χ2n) is 3.91. The number of hydrogen-bond acceptors (Lipinski definition) is 1. The Morgan fingerprint density at radius 1 is 1.07 bits per heavy atom. The van der Waals surface area contributed by atoms with Gasteiger partial charge in [0.15, 0.2) is 0 Å². The van der Waals surface area contributed by atoms with Crippen molar-refractivity contribution in [2.45, 2.75) is 19.3 Å². The Hall–Kier alpha value is -1.44. The first-order valence-corrected chi connectivity index (χ1v) is 5.28. The maximum Gasteiger partial charge on any atom is 0.0631 e. The summed E-state index contributed by atoms with van der Waals surface area (Å²) < 4.78 is 0. The number of hydrogen-bond donors (Lipinski definition) is 2. The molecule has 0 unspecified atom stereocenters. The largest absolute Gasteiger partial charge is 0.383 e. The second kappa shape index (κ2) is 3.05. The van der Waals surface area contributed by atoms with Gasteiger partial charge in [0.05, 0.1) is 5.69 Å². The van der Waals surface area contributed by atoms with Gasteiger partial charge in [-0.25, -0.2) is 0 Å². The molecular weight excluding hydrogens is 172 g/mol. The number of H-pyrrole nitrogens is 1. The van der Waals surface area contributed by atoms with E-state index in [1.807, 2.05) is 0 Å². The summed E-state index contributed by atoms with van der Waals surface area (Å²) in [6.45, 7) is 1.11. The number of nitrogens with one attached hydrogen (secondary N) is 2. The van der Waals surface area contributed by atoms with Crippen LogP contribution in [0.15, 0.2) is 24.3 Å². The van der Waals surface area contributed by atoms with Crippen LogP contribution < -0.4 is 5.32 Å². The number of anilines is 1. The van der Waals surface area contributed by atoms with Gasteiger partial charge in [0.1, 0.15) is 0 Å². The zero-order chi connectivity index (χ0) is 9.38. The van der Waals surface area contributed by atoms with Crippen molar-refractivity contribution in [3.8, 4) is 0 Å². The fourth-order valence-corrected chi connectivity index (χ4v) is 2.23. The molecule has 0 amide bonds. The smallest absolute Gasteiger partial charge is 0.0631 e. The minimum absolute atomic E-state index is 1.11. The summed E-state index contributed by atoms with van der Waals surface area (Å²) in [5, 5.41) is 4.85. The van der Waals surface area contributed by atoms with Crippen LogP contribution in [-0.2, 0) is 6.42 Å². The van der Waals surface area contributed by atoms with Crippen LogP contribution in [0.25, 0.3) is 10.9 Å². The zero-order valence-corrected chi connectivity index (χ0v) is 8.14. The predicted octanol–water partition coefficient (Wildman–Crippen LogP) is 2.92. The molecule has 0 saturated heterocycles. The first-order chi connectivity index (χ1) is 6.95. The van der Waals surface area contributed by atoms with Gasteiger partial charge < -0.3 is 10.3 Å². The van der Waals surface area contributed by atoms with Crippen LogP contribution in [0, 0.1) is 0 Å². The van der Waals surface area contributed by atoms with Crippen molar-refractivity contribution >= 4 is 16.6 Å². The lowest BCUT2D eigenvalue weighted by atomic mass is 10.2. The monoisotopic (exact) mass is 186 g/mol. The standard InChI is InChI=1S/C12H14N2/c1-2-6-10-9(5-1)12-11(14-10)7-3-4-8-13-12/h1-2,5-6,13-14H,3-4,7-8H2. The van der Waals surface area contributed by atoms with E-state index in [4.69, 9.17) is 0 Å². The van der Waals surface area contributed by atoms with Crippen LogP contribution in [-0.4, -0.2) is 11.5 Å². The minimum atomic E-state index is 1.11. The Kier molecular flexibility index (Phi) is 1.72. The van der Waals surface area contributed by atoms with Crippen molar-refractivity contribution in [2.75, 3.05) is 11.9 Å². The summed E-state index contributed by atoms with van der Waals surface area (Å²) in [6.07, 6.45) is 3.74. The van der Waals surface area contributed by atoms with Gasteiger partial charge in [-0.2, -0.15) is 0 Å². The Balaban J connectivity index is 2.24. The molecule has 0 spiro atoms. The van der Waals surface area contributed by atoms with Crippen LogP contribution in [0.2, 0.25) is 0 Å². The van der Waals surface area contributed by atoms with Crippen LogP contribution in [0.5, 0.6) is 0 Å². The molecule has 3 rings (SSSR count). The Morgan fingerprint density at radius 2 is 2.00 bits per heavy atom. The van der Waals surface area contributed by atoms with Gasteiger partial charge in [-0.05, 0) is 25.3 Å². The molecule has 0 atom stereocenters. The van der Waals surface area contributed by atoms with Crippen molar-refractivity contribution in [1.29, 1.82) is 0 Å². The molecule has 1 aromatic heterocycles. The SMILES string of the molecule is c1ccc2c3c([nH]c2c1)CCCCN3. The van der Waals surface area contributed by atoms with E-state index in [9.17, 15) is 0 Å². The van der Waals surface area contributed by atoms with Crippen molar-refractivity contribution in [1.82, 2.24) is 4.98 Å². The van der Waals surface area contributed by atoms with E-state index in [1.54, 1.807) is 0 Å². The summed E-state index contributed by atoms with van der Waals surface area (Å²) >= 11 is 0. The van der Waals surface area contributed by atoms with Crippen LogP contribution in [0.3, 0.4) is 0 Å². The third kappa shape index (κ3) is 1.10. The van der Waals surface area contributed by atoms with Gasteiger partial charge in [0.25, 0.3) is 0 Å². The number of aromatic nitrogens is 1. The van der Waals surface area contributed by atoms with E-state index in [0.717, 1.165) is 6.54 Å². The van der Waals surface area contributed by atoms with Gasteiger partial charge in [0, 0.05) is 23.1 Å². The van der Waals surface area contributed by atoms with Gasteiger partial charge in [-0.1, -0.05) is 18.2 Å². The zero-order valence-electron chi connectivity index (χ0n) is 8.14. The topological polar surface area (TPSA) is 27.8 Å². The van der Waals surface area contributed by atoms with E-state index in [-0.39, 0.29) is 0 Å². The first kappa shape index (κ1) is 7.92. The number of aromatic amines is 1. The van der Waals surface area contributed by atoms with Crippen LogP contribution >= 0.6 is 0 Å². The Bertz CT molecular complexity index is 456. The van der Waals surface area contributed by atoms with Crippen LogP contribution in [0.1, 0.15) is 18.5 Å². The Labute approximate surface area is 83.3 Å². The summed E-state index contributed by atoms with van der Waals surface area (Å²) in [5.74, 6) is 0. The molecule has 2 N–H and O–H groups in total. The molecule has 2 aromatic rings. The first-order valence-electron chi connectivity index (χ1n) is 5.28. The van der Waals surface area contributed by atoms with E-state index in [0.29, 0.717) is 0 Å². The van der Waals surface area contributed by atoms with Gasteiger partial charge in [-0.3, -0.25) is 0 Å². The molecule has 0 radical (unpaired) electrons. The fraction of sp³-hybridized carbons (Fsp3) is 0.333. The molecule has 2 heteroatoms. The number of fused-ring (bicyclic) bond motifs is 3. The summed E-state index contributed by atoms with van der Waals surface area (Å²) in [5.41, 5.74) is 3.97. The summed E-state index contributed by atoms with van der Waals surface area (Å²) in [4.78, 5) is 3.49. The van der Waals surface area contributed by atoms with Crippen molar-refractivity contribution in [3.05, 3.63) is 30.0 Å². The maximum absolute atomic E-state index is 3.52. The average Bonchev–Trinajstić information content (AvgIpc) is 2.42. The van der Waals surface area contributed by atoms with Crippen LogP contribution in [0.4, 0.5) is 5.69 Å². The highest BCUT2D eigenvalue weighted by molar-refractivity contribution is 5.94. The van der Waals surface area contributed by atoms with E-state index in [2.05, 4.69) is 34.6 Å². The number of aryl methyl sites for hydroxylation is 1. The highest BCUT2D eigenvalue weighted by Gasteiger charge is 2.12. The van der Waals surface area contributed by atoms with Gasteiger partial charge in [-0.15, -0.1) is 0 Å². The summed E-state index contributed by atoms with van der Waals surface area (Å²) in [7, 11) is 0. The molecular formula is C12H14N2. The molecule has 14 heavy (non-hydrogen) atoms. The molecule has 2 nitrogen and oxygen atoms in total. The normalized spacial score (nSPS) is 16.0. The van der Waals surface area contributed by atoms with Gasteiger partial charge in [0.2, 0.25) is 0 Å². The molecule has 0 fully saturated rings. The predicted molar refractivity (Wildman–Crippen MR) is 59.7 cm³/mol. The third-order valence-electron chi connectivity index (χ3n) is 2.94. The van der Waals surface area contributed by atoms with Crippen molar-refractivity contribution in [2.24, 2.45) is 0 Å². The summed E-state index contributed by atoms with van der Waals surface area (Å²) in [6, 6.07) is 8.51. The minimum Gasteiger partial charge on any atom is -0.383 e. The number of rotatable bonds is 0. The molecule has 0 aliphatic carbocycles. The van der Waals surface area contributed by atoms with Gasteiger partial charge >= 0.3 is 0 Å². The lowest BCUT2D eigenvalue weighted by Gasteiger charge is -2.01. The highest BCUT2D eigenvalue weighted by atomic mass is 14.9. The van der Waals surface area contributed by atoms with Crippen molar-refractivity contribution < 1.29 is 0 Å². The quantitative estimate of drug-likeness (QED) is 0.650. The average molecular weight is 186 g/mol. The molecule has 1 aromatic carbocycles. The molecule has 2 heterocycles. The fourth-order valence-electron chi connectivity index (χ4n) is 2.23. The molecule has 1 aliphatic rings. The van der Waals surface area contributed by atoms with Crippen molar-refractivity contribution in [3.63, 3.8) is 0 Å². The van der Waals surface area contributed by atoms with E-state index >= 15 is 0 Å². The molecule has 0 saturated carbocycles. The maximum atomic E-state index is 3.52.